The molecule has 1 amide bonds. The predicted molar refractivity (Wildman–Crippen MR) is 53.1 cm³/mol. The minimum Gasteiger partial charge on any atom is -0.492 e. The van der Waals surface area contributed by atoms with Gasteiger partial charge in [0.1, 0.15) is 12.4 Å². The minimum atomic E-state index is 0.238. The van der Waals surface area contributed by atoms with Gasteiger partial charge in [-0.05, 0) is 12.1 Å². The summed E-state index contributed by atoms with van der Waals surface area (Å²) in [6.45, 7) is 2.17. The lowest BCUT2D eigenvalue weighted by Crippen LogP contribution is -2.45. The number of carbonyl (C=O) groups is 1. The highest BCUT2D eigenvalue weighted by Crippen LogP contribution is 2.10. The maximum atomic E-state index is 10.9. The largest absolute Gasteiger partial charge is 0.492 e. The van der Waals surface area contributed by atoms with Gasteiger partial charge in [0.15, 0.2) is 0 Å². The summed E-state index contributed by atoms with van der Waals surface area (Å²) in [4.78, 5) is 12.8. The Morgan fingerprint density at radius 3 is 2.64 bits per heavy atom. The molecule has 3 heteroatoms. The van der Waals surface area contributed by atoms with E-state index in [1.165, 1.54) is 0 Å². The third kappa shape index (κ3) is 2.05. The number of likely N-dealkylation sites (tertiary alicyclic amines) is 1. The SMILES string of the molecule is O=C1CCN1CCOc1ccccc1. The maximum absolute atomic E-state index is 10.9. The molecule has 0 bridgehead atoms. The van der Waals surface area contributed by atoms with Crippen molar-refractivity contribution in [2.75, 3.05) is 19.7 Å². The number of carbonyl (C=O) groups excluding carboxylic acids is 1. The van der Waals surface area contributed by atoms with Gasteiger partial charge in [-0.25, -0.2) is 0 Å². The molecular weight excluding hydrogens is 178 g/mol. The lowest BCUT2D eigenvalue weighted by Gasteiger charge is -2.30. The number of benzene rings is 1. The molecule has 0 atom stereocenters. The molecule has 0 aromatic heterocycles. The van der Waals surface area contributed by atoms with Gasteiger partial charge >= 0.3 is 0 Å². The molecule has 0 unspecified atom stereocenters. The Bertz CT molecular complexity index is 310. The van der Waals surface area contributed by atoms with E-state index in [9.17, 15) is 4.79 Å². The number of nitrogens with zero attached hydrogens (tertiary/aromatic N) is 1. The van der Waals surface area contributed by atoms with Gasteiger partial charge < -0.3 is 9.64 Å². The third-order valence-corrected chi connectivity index (χ3v) is 2.32. The molecule has 3 nitrogen and oxygen atoms in total. The van der Waals surface area contributed by atoms with Crippen LogP contribution in [0.4, 0.5) is 0 Å². The molecule has 0 saturated carbocycles. The lowest BCUT2D eigenvalue weighted by molar-refractivity contribution is -0.140. The number of hydrogen-bond donors (Lipinski definition) is 0. The van der Waals surface area contributed by atoms with E-state index >= 15 is 0 Å². The molecule has 74 valence electrons. The topological polar surface area (TPSA) is 29.5 Å². The first kappa shape index (κ1) is 9.06. The van der Waals surface area contributed by atoms with Gasteiger partial charge in [0.05, 0.1) is 6.54 Å². The second kappa shape index (κ2) is 4.13. The number of amides is 1. The van der Waals surface area contributed by atoms with Gasteiger partial charge in [0.25, 0.3) is 0 Å². The first-order valence-corrected chi connectivity index (χ1v) is 4.82. The van der Waals surface area contributed by atoms with E-state index in [0.717, 1.165) is 12.3 Å². The minimum absolute atomic E-state index is 0.238. The van der Waals surface area contributed by atoms with Crippen LogP contribution in [-0.2, 0) is 4.79 Å². The number of hydrogen-bond acceptors (Lipinski definition) is 2. The van der Waals surface area contributed by atoms with E-state index in [-0.39, 0.29) is 5.91 Å². The summed E-state index contributed by atoms with van der Waals surface area (Å²) < 4.78 is 5.47. The summed E-state index contributed by atoms with van der Waals surface area (Å²) >= 11 is 0. The number of rotatable bonds is 4. The summed E-state index contributed by atoms with van der Waals surface area (Å²) in [5.74, 6) is 1.10. The van der Waals surface area contributed by atoms with Gasteiger partial charge in [0, 0.05) is 13.0 Å². The Kier molecular flexibility index (Phi) is 2.68. The second-order valence-electron chi connectivity index (χ2n) is 3.29. The van der Waals surface area contributed by atoms with Crippen LogP contribution in [0.5, 0.6) is 5.75 Å². The molecule has 14 heavy (non-hydrogen) atoms. The molecule has 1 heterocycles. The van der Waals surface area contributed by atoms with E-state index in [0.29, 0.717) is 19.6 Å². The fourth-order valence-corrected chi connectivity index (χ4v) is 1.39. The summed E-state index contributed by atoms with van der Waals surface area (Å²) in [6, 6.07) is 9.65. The Morgan fingerprint density at radius 1 is 1.29 bits per heavy atom. The van der Waals surface area contributed by atoms with Crippen molar-refractivity contribution in [1.82, 2.24) is 4.90 Å². The number of para-hydroxylation sites is 1. The van der Waals surface area contributed by atoms with E-state index in [1.54, 1.807) is 0 Å². The maximum Gasteiger partial charge on any atom is 0.224 e. The van der Waals surface area contributed by atoms with E-state index in [1.807, 2.05) is 35.2 Å². The molecule has 1 aliphatic rings. The highest BCUT2D eigenvalue weighted by atomic mass is 16.5. The normalized spacial score (nSPS) is 15.1. The van der Waals surface area contributed by atoms with Crippen LogP contribution in [0.1, 0.15) is 6.42 Å². The highest BCUT2D eigenvalue weighted by Gasteiger charge is 2.22. The molecule has 1 saturated heterocycles. The molecule has 2 rings (SSSR count). The Balaban J connectivity index is 1.70. The third-order valence-electron chi connectivity index (χ3n) is 2.32. The second-order valence-corrected chi connectivity index (χ2v) is 3.29. The van der Waals surface area contributed by atoms with Crippen LogP contribution >= 0.6 is 0 Å². The molecule has 0 aliphatic carbocycles. The van der Waals surface area contributed by atoms with Crippen molar-refractivity contribution in [1.29, 1.82) is 0 Å². The van der Waals surface area contributed by atoms with Crippen LogP contribution in [0.3, 0.4) is 0 Å². The smallest absolute Gasteiger partial charge is 0.224 e. The molecule has 1 aliphatic heterocycles. The Labute approximate surface area is 83.3 Å². The molecule has 1 aromatic rings. The van der Waals surface area contributed by atoms with Gasteiger partial charge in [-0.1, -0.05) is 18.2 Å². The van der Waals surface area contributed by atoms with Crippen LogP contribution in [0.2, 0.25) is 0 Å². The zero-order valence-electron chi connectivity index (χ0n) is 7.98. The molecule has 1 aromatic carbocycles. The summed E-state index contributed by atoms with van der Waals surface area (Å²) in [5, 5.41) is 0. The van der Waals surface area contributed by atoms with Crippen molar-refractivity contribution in [3.63, 3.8) is 0 Å². The summed E-state index contributed by atoms with van der Waals surface area (Å²) in [5.41, 5.74) is 0. The zero-order chi connectivity index (χ0) is 9.80. The van der Waals surface area contributed by atoms with Crippen molar-refractivity contribution >= 4 is 5.91 Å². The first-order chi connectivity index (χ1) is 6.86. The fourth-order valence-electron chi connectivity index (χ4n) is 1.39. The first-order valence-electron chi connectivity index (χ1n) is 4.82. The van der Waals surface area contributed by atoms with E-state index < -0.39 is 0 Å². The average Bonchev–Trinajstić information content (AvgIpc) is 2.24. The molecular formula is C11H13NO2. The monoisotopic (exact) mass is 191 g/mol. The van der Waals surface area contributed by atoms with Crippen LogP contribution < -0.4 is 4.74 Å². The fraction of sp³-hybridized carbons (Fsp3) is 0.364. The molecule has 0 radical (unpaired) electrons. The Hall–Kier alpha value is -1.51. The zero-order valence-corrected chi connectivity index (χ0v) is 7.98. The Morgan fingerprint density at radius 2 is 2.07 bits per heavy atom. The van der Waals surface area contributed by atoms with Crippen LogP contribution in [0.15, 0.2) is 30.3 Å². The highest BCUT2D eigenvalue weighted by molar-refractivity contribution is 5.81. The van der Waals surface area contributed by atoms with Gasteiger partial charge in [0.2, 0.25) is 5.91 Å². The van der Waals surface area contributed by atoms with Crippen LogP contribution in [0, 0.1) is 0 Å². The van der Waals surface area contributed by atoms with Crippen molar-refractivity contribution < 1.29 is 9.53 Å². The number of β-lactam (4-membered cyclic amide) rings is 1. The summed E-state index contributed by atoms with van der Waals surface area (Å²) in [6.07, 6.45) is 0.700. The van der Waals surface area contributed by atoms with E-state index in [2.05, 4.69) is 0 Å². The molecule has 1 fully saturated rings. The average molecular weight is 191 g/mol. The lowest BCUT2D eigenvalue weighted by atomic mass is 10.2. The van der Waals surface area contributed by atoms with Crippen molar-refractivity contribution in [2.45, 2.75) is 6.42 Å². The number of ether oxygens (including phenoxy) is 1. The van der Waals surface area contributed by atoms with Crippen LogP contribution in [-0.4, -0.2) is 30.5 Å². The van der Waals surface area contributed by atoms with E-state index in [4.69, 9.17) is 4.74 Å². The quantitative estimate of drug-likeness (QED) is 0.671. The van der Waals surface area contributed by atoms with Crippen molar-refractivity contribution in [2.24, 2.45) is 0 Å². The standard InChI is InChI=1S/C11H13NO2/c13-11-6-7-12(11)8-9-14-10-4-2-1-3-5-10/h1-5H,6-9H2. The van der Waals surface area contributed by atoms with Gasteiger partial charge in [-0.3, -0.25) is 4.79 Å². The van der Waals surface area contributed by atoms with Crippen LogP contribution in [0.25, 0.3) is 0 Å². The molecule has 0 N–H and O–H groups in total. The molecule has 0 spiro atoms. The van der Waals surface area contributed by atoms with Gasteiger partial charge in [-0.2, -0.15) is 0 Å². The summed E-state index contributed by atoms with van der Waals surface area (Å²) in [7, 11) is 0. The van der Waals surface area contributed by atoms with Crippen molar-refractivity contribution in [3.05, 3.63) is 30.3 Å². The van der Waals surface area contributed by atoms with Gasteiger partial charge in [-0.15, -0.1) is 0 Å². The predicted octanol–water partition coefficient (Wildman–Crippen LogP) is 1.30. The van der Waals surface area contributed by atoms with Crippen molar-refractivity contribution in [3.8, 4) is 5.75 Å².